The van der Waals surface area contributed by atoms with E-state index < -0.39 is 17.3 Å². The Balaban J connectivity index is 2.79. The van der Waals surface area contributed by atoms with Crippen LogP contribution in [-0.4, -0.2) is 19.0 Å². The number of halogens is 1. The summed E-state index contributed by atoms with van der Waals surface area (Å²) in [6, 6.07) is 6.63. The predicted molar refractivity (Wildman–Crippen MR) is 65.9 cm³/mol. The Kier molecular flexibility index (Phi) is 4.12. The highest BCUT2D eigenvalue weighted by atomic mass is 35.5. The number of benzene rings is 1. The van der Waals surface area contributed by atoms with Gasteiger partial charge in [0, 0.05) is 10.7 Å². The fraction of sp³-hybridized carbons (Fsp3) is 0.333. The molecule has 1 rings (SSSR count). The standard InChI is InChI=1S/C12H14ClNO3/c1-12(2,11(16)17-3)10(15)14-9-6-4-8(13)5-7-9/h4-7H,1-3H3,(H,14,15). The Labute approximate surface area is 105 Å². The summed E-state index contributed by atoms with van der Waals surface area (Å²) in [4.78, 5) is 23.3. The first kappa shape index (κ1) is 13.5. The molecule has 0 aromatic heterocycles. The van der Waals surface area contributed by atoms with Crippen LogP contribution >= 0.6 is 11.6 Å². The van der Waals surface area contributed by atoms with E-state index in [9.17, 15) is 9.59 Å². The molecule has 0 radical (unpaired) electrons. The van der Waals surface area contributed by atoms with Crippen LogP contribution in [0.2, 0.25) is 5.02 Å². The van der Waals surface area contributed by atoms with Gasteiger partial charge >= 0.3 is 5.97 Å². The Hall–Kier alpha value is -1.55. The number of esters is 1. The third kappa shape index (κ3) is 3.20. The maximum Gasteiger partial charge on any atom is 0.320 e. The molecule has 1 aromatic carbocycles. The van der Waals surface area contributed by atoms with E-state index in [0.29, 0.717) is 10.7 Å². The van der Waals surface area contributed by atoms with Crippen LogP contribution in [0.3, 0.4) is 0 Å². The lowest BCUT2D eigenvalue weighted by Crippen LogP contribution is -2.38. The van der Waals surface area contributed by atoms with E-state index in [1.54, 1.807) is 24.3 Å². The number of methoxy groups -OCH3 is 1. The van der Waals surface area contributed by atoms with Crippen LogP contribution in [0.5, 0.6) is 0 Å². The van der Waals surface area contributed by atoms with E-state index in [4.69, 9.17) is 11.6 Å². The van der Waals surface area contributed by atoms with E-state index in [-0.39, 0.29) is 0 Å². The van der Waals surface area contributed by atoms with Gasteiger partial charge < -0.3 is 10.1 Å². The molecule has 17 heavy (non-hydrogen) atoms. The summed E-state index contributed by atoms with van der Waals surface area (Å²) in [6.07, 6.45) is 0. The molecule has 0 saturated carbocycles. The summed E-state index contributed by atoms with van der Waals surface area (Å²) in [6.45, 7) is 3.01. The lowest BCUT2D eigenvalue weighted by atomic mass is 9.92. The van der Waals surface area contributed by atoms with Crippen LogP contribution in [0.4, 0.5) is 5.69 Å². The van der Waals surface area contributed by atoms with E-state index in [2.05, 4.69) is 10.1 Å². The molecule has 5 heteroatoms. The molecule has 1 N–H and O–H groups in total. The van der Waals surface area contributed by atoms with Crippen LogP contribution in [-0.2, 0) is 14.3 Å². The van der Waals surface area contributed by atoms with Crippen LogP contribution in [0.25, 0.3) is 0 Å². The molecule has 0 saturated heterocycles. The number of carbonyl (C=O) groups excluding carboxylic acids is 2. The van der Waals surface area contributed by atoms with Crippen molar-refractivity contribution in [2.75, 3.05) is 12.4 Å². The molecule has 0 bridgehead atoms. The van der Waals surface area contributed by atoms with Crippen molar-refractivity contribution in [1.82, 2.24) is 0 Å². The number of ether oxygens (including phenoxy) is 1. The fourth-order valence-corrected chi connectivity index (χ4v) is 1.29. The van der Waals surface area contributed by atoms with Gasteiger partial charge in [0.15, 0.2) is 0 Å². The summed E-state index contributed by atoms with van der Waals surface area (Å²) < 4.78 is 4.57. The van der Waals surface area contributed by atoms with Gasteiger partial charge in [-0.2, -0.15) is 0 Å². The lowest BCUT2D eigenvalue weighted by molar-refractivity contribution is -0.154. The maximum atomic E-state index is 11.9. The maximum absolute atomic E-state index is 11.9. The van der Waals surface area contributed by atoms with Crippen LogP contribution < -0.4 is 5.32 Å². The van der Waals surface area contributed by atoms with Gasteiger partial charge in [-0.3, -0.25) is 9.59 Å². The number of rotatable bonds is 3. The number of hydrogen-bond acceptors (Lipinski definition) is 3. The van der Waals surface area contributed by atoms with Crippen molar-refractivity contribution in [3.05, 3.63) is 29.3 Å². The first-order valence-electron chi connectivity index (χ1n) is 5.03. The second kappa shape index (κ2) is 5.19. The average molecular weight is 256 g/mol. The number of anilines is 1. The quantitative estimate of drug-likeness (QED) is 0.667. The minimum absolute atomic E-state index is 0.424. The van der Waals surface area contributed by atoms with Crippen molar-refractivity contribution in [1.29, 1.82) is 0 Å². The summed E-state index contributed by atoms with van der Waals surface area (Å²) in [5, 5.41) is 3.21. The van der Waals surface area contributed by atoms with Gasteiger partial charge in [-0.25, -0.2) is 0 Å². The molecule has 0 aliphatic heterocycles. The number of carbonyl (C=O) groups is 2. The van der Waals surface area contributed by atoms with E-state index in [1.807, 2.05) is 0 Å². The second-order valence-electron chi connectivity index (χ2n) is 4.08. The van der Waals surface area contributed by atoms with Gasteiger partial charge in [-0.15, -0.1) is 0 Å². The molecule has 0 heterocycles. The van der Waals surface area contributed by atoms with Gasteiger partial charge in [0.05, 0.1) is 7.11 Å². The number of nitrogens with one attached hydrogen (secondary N) is 1. The SMILES string of the molecule is COC(=O)C(C)(C)C(=O)Nc1ccc(Cl)cc1. The minimum Gasteiger partial charge on any atom is -0.468 e. The molecule has 1 amide bonds. The molecule has 0 spiro atoms. The summed E-state index contributed by atoms with van der Waals surface area (Å²) >= 11 is 5.72. The van der Waals surface area contributed by atoms with Gasteiger partial charge in [0.1, 0.15) is 5.41 Å². The topological polar surface area (TPSA) is 55.4 Å². The van der Waals surface area contributed by atoms with Crippen molar-refractivity contribution in [3.8, 4) is 0 Å². The Morgan fingerprint density at radius 2 is 1.76 bits per heavy atom. The Morgan fingerprint density at radius 3 is 2.24 bits per heavy atom. The van der Waals surface area contributed by atoms with Gasteiger partial charge in [-0.05, 0) is 38.1 Å². The predicted octanol–water partition coefficient (Wildman–Crippen LogP) is 2.48. The van der Waals surface area contributed by atoms with Gasteiger partial charge in [0.2, 0.25) is 5.91 Å². The van der Waals surface area contributed by atoms with Crippen molar-refractivity contribution in [2.45, 2.75) is 13.8 Å². The summed E-state index contributed by atoms with van der Waals surface area (Å²) in [5.41, 5.74) is -0.648. The first-order chi connectivity index (χ1) is 7.87. The molecule has 1 aromatic rings. The zero-order chi connectivity index (χ0) is 13.1. The molecular weight excluding hydrogens is 242 g/mol. The fourth-order valence-electron chi connectivity index (χ4n) is 1.17. The van der Waals surface area contributed by atoms with Crippen LogP contribution in [0, 0.1) is 5.41 Å². The molecule has 0 unspecified atom stereocenters. The Morgan fingerprint density at radius 1 is 1.24 bits per heavy atom. The van der Waals surface area contributed by atoms with Gasteiger partial charge in [0.25, 0.3) is 0 Å². The molecule has 92 valence electrons. The van der Waals surface area contributed by atoms with E-state index in [0.717, 1.165) is 0 Å². The monoisotopic (exact) mass is 255 g/mol. The molecule has 0 aliphatic carbocycles. The lowest BCUT2D eigenvalue weighted by Gasteiger charge is -2.20. The molecule has 4 nitrogen and oxygen atoms in total. The summed E-state index contributed by atoms with van der Waals surface area (Å²) in [7, 11) is 1.25. The van der Waals surface area contributed by atoms with E-state index >= 15 is 0 Å². The highest BCUT2D eigenvalue weighted by molar-refractivity contribution is 6.30. The van der Waals surface area contributed by atoms with Crippen molar-refractivity contribution in [2.24, 2.45) is 5.41 Å². The zero-order valence-corrected chi connectivity index (χ0v) is 10.7. The minimum atomic E-state index is -1.23. The zero-order valence-electron chi connectivity index (χ0n) is 9.91. The van der Waals surface area contributed by atoms with Crippen LogP contribution in [0.15, 0.2) is 24.3 Å². The van der Waals surface area contributed by atoms with Crippen molar-refractivity contribution in [3.63, 3.8) is 0 Å². The molecule has 0 atom stereocenters. The highest BCUT2D eigenvalue weighted by Crippen LogP contribution is 2.21. The number of hydrogen-bond donors (Lipinski definition) is 1. The Bertz CT molecular complexity index is 426. The van der Waals surface area contributed by atoms with Crippen molar-refractivity contribution >= 4 is 29.2 Å². The van der Waals surface area contributed by atoms with Crippen molar-refractivity contribution < 1.29 is 14.3 Å². The number of amides is 1. The largest absolute Gasteiger partial charge is 0.468 e. The average Bonchev–Trinajstić information content (AvgIpc) is 2.30. The summed E-state index contributed by atoms with van der Waals surface area (Å²) in [5.74, 6) is -1.00. The van der Waals surface area contributed by atoms with Crippen LogP contribution in [0.1, 0.15) is 13.8 Å². The molecular formula is C12H14ClNO3. The first-order valence-corrected chi connectivity index (χ1v) is 5.41. The molecule has 0 aliphatic rings. The highest BCUT2D eigenvalue weighted by Gasteiger charge is 2.37. The van der Waals surface area contributed by atoms with E-state index in [1.165, 1.54) is 21.0 Å². The smallest absolute Gasteiger partial charge is 0.320 e. The third-order valence-electron chi connectivity index (χ3n) is 2.37. The van der Waals surface area contributed by atoms with Gasteiger partial charge in [-0.1, -0.05) is 11.6 Å². The normalized spacial score (nSPS) is 10.8. The molecule has 0 fully saturated rings. The third-order valence-corrected chi connectivity index (χ3v) is 2.62. The second-order valence-corrected chi connectivity index (χ2v) is 4.51.